The number of aryl methyl sites for hydroxylation is 2. The van der Waals surface area contributed by atoms with Gasteiger partial charge in [-0.15, -0.1) is 4.31 Å². The fourth-order valence-corrected chi connectivity index (χ4v) is 2.05. The van der Waals surface area contributed by atoms with Crippen molar-refractivity contribution in [3.05, 3.63) is 29.3 Å². The third-order valence-electron chi connectivity index (χ3n) is 3.37. The molecule has 0 radical (unpaired) electrons. The minimum absolute atomic E-state index is 0.0915. The van der Waals surface area contributed by atoms with E-state index in [0.29, 0.717) is 0 Å². The van der Waals surface area contributed by atoms with Crippen LogP contribution in [0.5, 0.6) is 0 Å². The molecule has 0 aliphatic rings. The van der Waals surface area contributed by atoms with E-state index in [4.69, 9.17) is 15.6 Å². The zero-order chi connectivity index (χ0) is 19.6. The van der Waals surface area contributed by atoms with Gasteiger partial charge in [0.1, 0.15) is 13.3 Å². The average molecular weight is 376 g/mol. The predicted octanol–water partition coefficient (Wildman–Crippen LogP) is 1.36. The molecule has 8 nitrogen and oxygen atoms in total. The van der Waals surface area contributed by atoms with E-state index in [1.807, 2.05) is 39.0 Å². The Balaban J connectivity index is 0.000000535. The third-order valence-corrected chi connectivity index (χ3v) is 4.63. The van der Waals surface area contributed by atoms with Crippen LogP contribution in [-0.4, -0.2) is 50.3 Å². The first-order valence-electron chi connectivity index (χ1n) is 7.77. The van der Waals surface area contributed by atoms with Gasteiger partial charge in [0.05, 0.1) is 6.10 Å². The Morgan fingerprint density at radius 3 is 2.24 bits per heavy atom. The molecule has 1 aromatic carbocycles. The van der Waals surface area contributed by atoms with Crippen molar-refractivity contribution < 1.29 is 27.2 Å². The van der Waals surface area contributed by atoms with Crippen molar-refractivity contribution in [2.45, 2.75) is 40.2 Å². The van der Waals surface area contributed by atoms with Gasteiger partial charge in [0, 0.05) is 12.7 Å². The number of hydrogen-bond acceptors (Lipinski definition) is 7. The maximum atomic E-state index is 11.3. The second-order valence-corrected chi connectivity index (χ2v) is 7.13. The maximum Gasteiger partial charge on any atom is 0.389 e. The van der Waals surface area contributed by atoms with Gasteiger partial charge in [-0.25, -0.2) is 4.79 Å². The first-order valence-corrected chi connectivity index (χ1v) is 9.14. The summed E-state index contributed by atoms with van der Waals surface area (Å²) in [6.45, 7) is 6.52. The molecule has 25 heavy (non-hydrogen) atoms. The molecule has 3 N–H and O–H groups in total. The number of nitrogen functional groups attached to an aromatic ring is 1. The monoisotopic (exact) mass is 376 g/mol. The zero-order valence-corrected chi connectivity index (χ0v) is 16.2. The number of aliphatic hydroxyl groups excluding tert-OH is 1. The highest BCUT2D eigenvalue weighted by molar-refractivity contribution is 7.84. The minimum atomic E-state index is -4.18. The summed E-state index contributed by atoms with van der Waals surface area (Å²) in [7, 11) is -2.97. The van der Waals surface area contributed by atoms with Crippen LogP contribution in [0.4, 0.5) is 5.69 Å². The molecule has 0 aliphatic carbocycles. The Labute approximate surface area is 149 Å². The molecule has 1 aromatic rings. The Hall–Kier alpha value is -1.68. The van der Waals surface area contributed by atoms with E-state index in [0.717, 1.165) is 27.5 Å². The van der Waals surface area contributed by atoms with Crippen molar-refractivity contribution in [3.8, 4) is 0 Å². The molecule has 0 heterocycles. The summed E-state index contributed by atoms with van der Waals surface area (Å²) in [5, 5.41) is 8.35. The molecule has 1 atom stereocenters. The minimum Gasteiger partial charge on any atom is -0.398 e. The number of anilines is 1. The summed E-state index contributed by atoms with van der Waals surface area (Å²) < 4.78 is 32.5. The Kier molecular flexibility index (Phi) is 10.3. The fourth-order valence-electron chi connectivity index (χ4n) is 1.45. The second-order valence-electron chi connectivity index (χ2n) is 5.49. The van der Waals surface area contributed by atoms with E-state index in [-0.39, 0.29) is 12.8 Å². The van der Waals surface area contributed by atoms with E-state index >= 15 is 0 Å². The first kappa shape index (κ1) is 23.3. The Morgan fingerprint density at radius 2 is 1.84 bits per heavy atom. The Bertz CT molecular complexity index is 628. The van der Waals surface area contributed by atoms with Gasteiger partial charge in [0.15, 0.2) is 0 Å². The van der Waals surface area contributed by atoms with Gasteiger partial charge in [-0.05, 0) is 38.3 Å². The zero-order valence-electron chi connectivity index (χ0n) is 15.4. The summed E-state index contributed by atoms with van der Waals surface area (Å²) in [4.78, 5) is 10.6. The van der Waals surface area contributed by atoms with Crippen LogP contribution in [0.25, 0.3) is 0 Å². The SMILES string of the molecule is CCC(C)OCN(C)S(=O)(=O)OC(=O)CO.Cc1cccc(C)c1N. The van der Waals surface area contributed by atoms with E-state index in [9.17, 15) is 13.2 Å². The molecule has 9 heteroatoms. The van der Waals surface area contributed by atoms with E-state index < -0.39 is 22.9 Å². The highest BCUT2D eigenvalue weighted by Crippen LogP contribution is 2.13. The standard InChI is InChI=1S/C8H17NO6S.C8H11N/c1-4-7(2)14-6-9(3)16(12,13)15-8(11)5-10;1-6-4-3-5-7(2)8(6)9/h7,10H,4-6H2,1-3H3;3-5H,9H2,1-2H3. The van der Waals surface area contributed by atoms with Gasteiger partial charge in [-0.2, -0.15) is 8.42 Å². The van der Waals surface area contributed by atoms with Crippen molar-refractivity contribution in [2.24, 2.45) is 0 Å². The van der Waals surface area contributed by atoms with Crippen LogP contribution in [0.3, 0.4) is 0 Å². The van der Waals surface area contributed by atoms with Crippen molar-refractivity contribution >= 4 is 22.0 Å². The number of carbonyl (C=O) groups is 1. The van der Waals surface area contributed by atoms with E-state index in [2.05, 4.69) is 4.18 Å². The molecule has 144 valence electrons. The van der Waals surface area contributed by atoms with Crippen molar-refractivity contribution in [1.82, 2.24) is 4.31 Å². The molecular formula is C16H28N2O6S. The van der Waals surface area contributed by atoms with Gasteiger partial charge in [0.25, 0.3) is 0 Å². The number of rotatable bonds is 7. The quantitative estimate of drug-likeness (QED) is 0.544. The maximum absolute atomic E-state index is 11.3. The van der Waals surface area contributed by atoms with Crippen molar-refractivity contribution in [1.29, 1.82) is 0 Å². The lowest BCUT2D eigenvalue weighted by atomic mass is 10.1. The smallest absolute Gasteiger partial charge is 0.389 e. The van der Waals surface area contributed by atoms with Gasteiger partial charge < -0.3 is 19.8 Å². The highest BCUT2D eigenvalue weighted by Gasteiger charge is 2.23. The second kappa shape index (κ2) is 11.0. The van der Waals surface area contributed by atoms with Gasteiger partial charge in [-0.3, -0.25) is 0 Å². The number of nitrogens with two attached hydrogens (primary N) is 1. The largest absolute Gasteiger partial charge is 0.398 e. The van der Waals surface area contributed by atoms with Crippen LogP contribution in [0, 0.1) is 13.8 Å². The number of benzene rings is 1. The average Bonchev–Trinajstić information content (AvgIpc) is 2.57. The van der Waals surface area contributed by atoms with Crippen molar-refractivity contribution in [2.75, 3.05) is 26.1 Å². The van der Waals surface area contributed by atoms with Crippen LogP contribution < -0.4 is 5.73 Å². The molecule has 0 saturated carbocycles. The highest BCUT2D eigenvalue weighted by atomic mass is 32.2. The molecule has 1 rings (SSSR count). The summed E-state index contributed by atoms with van der Waals surface area (Å²) >= 11 is 0. The summed E-state index contributed by atoms with van der Waals surface area (Å²) in [6, 6.07) is 6.05. The van der Waals surface area contributed by atoms with Gasteiger partial charge in [-0.1, -0.05) is 25.1 Å². The molecule has 0 spiro atoms. The van der Waals surface area contributed by atoms with Gasteiger partial charge >= 0.3 is 16.3 Å². The summed E-state index contributed by atoms with van der Waals surface area (Å²) in [6.07, 6.45) is 0.649. The summed E-state index contributed by atoms with van der Waals surface area (Å²) in [5.74, 6) is -1.23. The lowest BCUT2D eigenvalue weighted by molar-refractivity contribution is -0.137. The van der Waals surface area contributed by atoms with Crippen LogP contribution >= 0.6 is 0 Å². The third kappa shape index (κ3) is 8.82. The number of hydrogen-bond donors (Lipinski definition) is 2. The normalized spacial score (nSPS) is 12.3. The van der Waals surface area contributed by atoms with E-state index in [1.54, 1.807) is 6.92 Å². The number of carbonyl (C=O) groups excluding carboxylic acids is 1. The van der Waals surface area contributed by atoms with Crippen LogP contribution in [0.1, 0.15) is 31.4 Å². The first-order chi connectivity index (χ1) is 11.5. The molecular weight excluding hydrogens is 348 g/mol. The molecule has 0 aliphatic heterocycles. The number of ether oxygens (including phenoxy) is 1. The van der Waals surface area contributed by atoms with Crippen molar-refractivity contribution in [3.63, 3.8) is 0 Å². The topological polar surface area (TPSA) is 119 Å². The summed E-state index contributed by atoms with van der Waals surface area (Å²) in [5.41, 5.74) is 8.92. The fraction of sp³-hybridized carbons (Fsp3) is 0.562. The Morgan fingerprint density at radius 1 is 1.32 bits per heavy atom. The number of aliphatic hydroxyl groups is 1. The number of para-hydroxylation sites is 1. The van der Waals surface area contributed by atoms with Gasteiger partial charge in [0.2, 0.25) is 0 Å². The molecule has 0 fully saturated rings. The molecule has 0 saturated heterocycles. The van der Waals surface area contributed by atoms with Crippen LogP contribution in [0.2, 0.25) is 0 Å². The predicted molar refractivity (Wildman–Crippen MR) is 95.9 cm³/mol. The van der Waals surface area contributed by atoms with Crippen LogP contribution in [-0.2, 0) is 24.0 Å². The molecule has 0 amide bonds. The van der Waals surface area contributed by atoms with Crippen LogP contribution in [0.15, 0.2) is 18.2 Å². The molecule has 1 unspecified atom stereocenters. The lowest BCUT2D eigenvalue weighted by Crippen LogP contribution is -2.34. The van der Waals surface area contributed by atoms with E-state index in [1.165, 1.54) is 7.05 Å². The molecule has 0 aromatic heterocycles. The lowest BCUT2D eigenvalue weighted by Gasteiger charge is -2.18. The molecule has 0 bridgehead atoms. The number of nitrogens with zero attached hydrogens (tertiary/aromatic N) is 1.